The fraction of sp³-hybridized carbons (Fsp3) is 0.400. The molecule has 0 amide bonds. The van der Waals surface area contributed by atoms with E-state index in [1.54, 1.807) is 6.08 Å². The predicted octanol–water partition coefficient (Wildman–Crippen LogP) is 3.25. The van der Waals surface area contributed by atoms with E-state index in [2.05, 4.69) is 24.5 Å². The highest BCUT2D eigenvalue weighted by Crippen LogP contribution is 1.94. The number of nitrogens with zero attached hydrogens (tertiary/aromatic N) is 1. The lowest BCUT2D eigenvalue weighted by Crippen LogP contribution is -2.01. The maximum atomic E-state index is 10.4. The highest BCUT2D eigenvalue weighted by Gasteiger charge is 1.93. The predicted molar refractivity (Wildman–Crippen MR) is 78.9 cm³/mol. The lowest BCUT2D eigenvalue weighted by molar-refractivity contribution is -0.138. The number of carboxylic acid groups (broad SMARTS) is 1. The SMILES string of the molecule is C=C(C)C(=O)O.C=CC.C=CC(=O)OCCCCC#N. The van der Waals surface area contributed by atoms with Gasteiger partial charge in [0.15, 0.2) is 0 Å². The van der Waals surface area contributed by atoms with Gasteiger partial charge in [0.05, 0.1) is 12.7 Å². The summed E-state index contributed by atoms with van der Waals surface area (Å²) in [5.41, 5.74) is 0.176. The quantitative estimate of drug-likeness (QED) is 0.349. The molecule has 0 aromatic rings. The van der Waals surface area contributed by atoms with Crippen molar-refractivity contribution >= 4 is 11.9 Å². The number of carbonyl (C=O) groups excluding carboxylic acids is 1. The van der Waals surface area contributed by atoms with Crippen molar-refractivity contribution < 1.29 is 19.4 Å². The summed E-state index contributed by atoms with van der Waals surface area (Å²) in [6.07, 6.45) is 4.92. The summed E-state index contributed by atoms with van der Waals surface area (Å²) in [6.45, 7) is 13.5. The van der Waals surface area contributed by atoms with Crippen molar-refractivity contribution in [2.24, 2.45) is 0 Å². The normalized spacial score (nSPS) is 7.45. The Labute approximate surface area is 120 Å². The Balaban J connectivity index is -0.000000270. The Hall–Kier alpha value is -2.35. The maximum absolute atomic E-state index is 10.4. The molecule has 0 aromatic heterocycles. The van der Waals surface area contributed by atoms with Crippen molar-refractivity contribution in [2.75, 3.05) is 6.61 Å². The zero-order chi connectivity index (χ0) is 16.4. The lowest BCUT2D eigenvalue weighted by Gasteiger charge is -1.98. The number of unbranched alkanes of at least 4 members (excludes halogenated alkanes) is 2. The average molecular weight is 281 g/mol. The third-order valence-corrected chi connectivity index (χ3v) is 1.46. The van der Waals surface area contributed by atoms with Crippen LogP contribution in [0.15, 0.2) is 37.5 Å². The molecule has 1 N–H and O–H groups in total. The fourth-order valence-electron chi connectivity index (χ4n) is 0.538. The molecule has 5 heteroatoms. The first-order chi connectivity index (χ1) is 9.37. The van der Waals surface area contributed by atoms with Crippen LogP contribution in [-0.2, 0) is 14.3 Å². The Bertz CT molecular complexity index is 341. The second-order valence-corrected chi connectivity index (χ2v) is 3.48. The van der Waals surface area contributed by atoms with E-state index in [9.17, 15) is 9.59 Å². The van der Waals surface area contributed by atoms with E-state index in [0.717, 1.165) is 18.9 Å². The average Bonchev–Trinajstić information content (AvgIpc) is 2.39. The maximum Gasteiger partial charge on any atom is 0.330 e. The van der Waals surface area contributed by atoms with Gasteiger partial charge in [-0.3, -0.25) is 0 Å². The van der Waals surface area contributed by atoms with Crippen molar-refractivity contribution in [1.82, 2.24) is 0 Å². The smallest absolute Gasteiger partial charge is 0.330 e. The van der Waals surface area contributed by atoms with Crippen molar-refractivity contribution in [2.45, 2.75) is 33.1 Å². The molecule has 0 fully saturated rings. The van der Waals surface area contributed by atoms with Gasteiger partial charge in [0, 0.05) is 18.1 Å². The number of carboxylic acids is 1. The molecule has 0 heterocycles. The van der Waals surface area contributed by atoms with Gasteiger partial charge >= 0.3 is 11.9 Å². The number of ether oxygens (including phenoxy) is 1. The molecule has 0 atom stereocenters. The van der Waals surface area contributed by atoms with E-state index in [0.29, 0.717) is 13.0 Å². The molecule has 0 spiro atoms. The molecule has 0 bridgehead atoms. The van der Waals surface area contributed by atoms with Gasteiger partial charge in [-0.1, -0.05) is 19.2 Å². The molecule has 0 rings (SSSR count). The number of esters is 1. The first-order valence-corrected chi connectivity index (χ1v) is 5.99. The van der Waals surface area contributed by atoms with Crippen LogP contribution in [-0.4, -0.2) is 23.7 Å². The largest absolute Gasteiger partial charge is 0.478 e. The summed E-state index contributed by atoms with van der Waals surface area (Å²) in [4.78, 5) is 20.0. The van der Waals surface area contributed by atoms with Gasteiger partial charge in [-0.2, -0.15) is 5.26 Å². The summed E-state index contributed by atoms with van der Waals surface area (Å²) in [5.74, 6) is -1.34. The summed E-state index contributed by atoms with van der Waals surface area (Å²) < 4.78 is 4.67. The molecular formula is C15H23NO4. The van der Waals surface area contributed by atoms with Gasteiger partial charge in [0.1, 0.15) is 0 Å². The molecule has 0 radical (unpaired) electrons. The number of hydrogen-bond acceptors (Lipinski definition) is 4. The van der Waals surface area contributed by atoms with Crippen molar-refractivity contribution in [3.05, 3.63) is 37.5 Å². The minimum absolute atomic E-state index is 0.176. The van der Waals surface area contributed by atoms with Gasteiger partial charge in [-0.15, -0.1) is 6.58 Å². The van der Waals surface area contributed by atoms with Gasteiger partial charge in [0.2, 0.25) is 0 Å². The zero-order valence-corrected chi connectivity index (χ0v) is 12.2. The number of aliphatic carboxylic acids is 1. The highest BCUT2D eigenvalue weighted by molar-refractivity contribution is 5.84. The summed E-state index contributed by atoms with van der Waals surface area (Å²) in [7, 11) is 0. The van der Waals surface area contributed by atoms with Crippen molar-refractivity contribution in [1.29, 1.82) is 5.26 Å². The minimum atomic E-state index is -0.935. The second kappa shape index (κ2) is 19.0. The molecule has 5 nitrogen and oxygen atoms in total. The Morgan fingerprint density at radius 3 is 2.10 bits per heavy atom. The van der Waals surface area contributed by atoms with Gasteiger partial charge < -0.3 is 9.84 Å². The molecule has 0 aromatic carbocycles. The molecule has 0 unspecified atom stereocenters. The number of hydrogen-bond donors (Lipinski definition) is 1. The van der Waals surface area contributed by atoms with Crippen LogP contribution in [0.3, 0.4) is 0 Å². The molecule has 0 aliphatic heterocycles. The monoisotopic (exact) mass is 281 g/mol. The van der Waals surface area contributed by atoms with Crippen LogP contribution >= 0.6 is 0 Å². The fourth-order valence-corrected chi connectivity index (χ4v) is 0.538. The van der Waals surface area contributed by atoms with Crippen molar-refractivity contribution in [3.8, 4) is 6.07 Å². The Kier molecular flexibility index (Phi) is 21.7. The molecule has 0 aliphatic rings. The van der Waals surface area contributed by atoms with E-state index in [4.69, 9.17) is 10.4 Å². The summed E-state index contributed by atoms with van der Waals surface area (Å²) in [6, 6.07) is 2.01. The van der Waals surface area contributed by atoms with E-state index in [1.807, 2.05) is 13.0 Å². The summed E-state index contributed by atoms with van der Waals surface area (Å²) >= 11 is 0. The lowest BCUT2D eigenvalue weighted by atomic mass is 10.3. The topological polar surface area (TPSA) is 87.4 Å². The van der Waals surface area contributed by atoms with Crippen LogP contribution < -0.4 is 0 Å². The van der Waals surface area contributed by atoms with Crippen molar-refractivity contribution in [3.63, 3.8) is 0 Å². The molecule has 0 saturated heterocycles. The number of allylic oxidation sites excluding steroid dienone is 1. The van der Waals surface area contributed by atoms with E-state index in [1.165, 1.54) is 6.92 Å². The molecule has 0 saturated carbocycles. The van der Waals surface area contributed by atoms with Gasteiger partial charge in [0.25, 0.3) is 0 Å². The van der Waals surface area contributed by atoms with Crippen LogP contribution in [0.1, 0.15) is 33.1 Å². The first-order valence-electron chi connectivity index (χ1n) is 5.99. The van der Waals surface area contributed by atoms with Crippen LogP contribution in [0.25, 0.3) is 0 Å². The number of nitriles is 1. The van der Waals surface area contributed by atoms with Gasteiger partial charge in [-0.05, 0) is 26.7 Å². The molecule has 20 heavy (non-hydrogen) atoms. The molecule has 112 valence electrons. The van der Waals surface area contributed by atoms with Crippen LogP contribution in [0.4, 0.5) is 0 Å². The first kappa shape index (κ1) is 22.8. The van der Waals surface area contributed by atoms with Crippen LogP contribution in [0.2, 0.25) is 0 Å². The molecule has 0 aliphatic carbocycles. The molecular weight excluding hydrogens is 258 g/mol. The zero-order valence-electron chi connectivity index (χ0n) is 12.2. The number of carbonyl (C=O) groups is 2. The second-order valence-electron chi connectivity index (χ2n) is 3.48. The number of rotatable bonds is 6. The van der Waals surface area contributed by atoms with Crippen LogP contribution in [0, 0.1) is 11.3 Å². The minimum Gasteiger partial charge on any atom is -0.478 e. The van der Waals surface area contributed by atoms with Gasteiger partial charge in [-0.25, -0.2) is 9.59 Å². The van der Waals surface area contributed by atoms with Crippen LogP contribution in [0.5, 0.6) is 0 Å². The van der Waals surface area contributed by atoms with E-state index >= 15 is 0 Å². The Morgan fingerprint density at radius 2 is 1.80 bits per heavy atom. The third-order valence-electron chi connectivity index (χ3n) is 1.46. The standard InChI is InChI=1S/C8H11NO2.C4H6O2.C3H6/c1-2-8(10)11-7-5-3-4-6-9;1-3(2)4(5)6;1-3-2/h2H,1,3-5,7H2;1H2,2H3,(H,5,6);3H,1H2,2H3. The Morgan fingerprint density at radius 1 is 1.35 bits per heavy atom. The summed E-state index contributed by atoms with van der Waals surface area (Å²) in [5, 5.41) is 16.0. The van der Waals surface area contributed by atoms with E-state index < -0.39 is 11.9 Å². The third kappa shape index (κ3) is 29.6. The van der Waals surface area contributed by atoms with E-state index in [-0.39, 0.29) is 5.57 Å². The highest BCUT2D eigenvalue weighted by atomic mass is 16.5.